The molecule has 1 rings (SSSR count). The molecule has 0 spiro atoms. The maximum Gasteiger partial charge on any atom is 0.322 e. The number of alkyl halides is 1. The minimum atomic E-state index is -0.854. The number of hydrogen-bond acceptors (Lipinski definition) is 2. The van der Waals surface area contributed by atoms with Crippen molar-refractivity contribution < 1.29 is 9.90 Å². The van der Waals surface area contributed by atoms with Crippen molar-refractivity contribution >= 4 is 17.6 Å². The molecule has 2 atom stereocenters. The van der Waals surface area contributed by atoms with Gasteiger partial charge in [0.05, 0.1) is 5.38 Å². The zero-order valence-corrected chi connectivity index (χ0v) is 5.56. The highest BCUT2D eigenvalue weighted by atomic mass is 35.5. The van der Waals surface area contributed by atoms with E-state index in [2.05, 4.69) is 5.32 Å². The van der Waals surface area contributed by atoms with E-state index in [9.17, 15) is 4.79 Å². The average molecular weight is 150 g/mol. The van der Waals surface area contributed by atoms with Gasteiger partial charge in [-0.1, -0.05) is 0 Å². The Hall–Kier alpha value is -0.280. The highest BCUT2D eigenvalue weighted by molar-refractivity contribution is 6.22. The smallest absolute Gasteiger partial charge is 0.322 e. The van der Waals surface area contributed by atoms with Gasteiger partial charge in [0.1, 0.15) is 6.04 Å². The SMILES string of the molecule is O=C(O)[C@H]1NCC[C@H]1Cl. The van der Waals surface area contributed by atoms with Gasteiger partial charge in [0.25, 0.3) is 0 Å². The van der Waals surface area contributed by atoms with Crippen LogP contribution < -0.4 is 5.32 Å². The van der Waals surface area contributed by atoms with Crippen molar-refractivity contribution in [2.45, 2.75) is 17.8 Å². The van der Waals surface area contributed by atoms with E-state index >= 15 is 0 Å². The summed E-state index contributed by atoms with van der Waals surface area (Å²) in [6.45, 7) is 0.713. The summed E-state index contributed by atoms with van der Waals surface area (Å²) in [7, 11) is 0. The van der Waals surface area contributed by atoms with Gasteiger partial charge >= 0.3 is 5.97 Å². The monoisotopic (exact) mass is 149 g/mol. The molecule has 0 aromatic heterocycles. The summed E-state index contributed by atoms with van der Waals surface area (Å²) in [5.41, 5.74) is 0. The molecule has 0 amide bonds. The van der Waals surface area contributed by atoms with Crippen molar-refractivity contribution in [3.05, 3.63) is 0 Å². The quantitative estimate of drug-likeness (QED) is 0.518. The van der Waals surface area contributed by atoms with Crippen molar-refractivity contribution in [2.75, 3.05) is 6.54 Å². The second kappa shape index (κ2) is 2.54. The Morgan fingerprint density at radius 1 is 1.78 bits per heavy atom. The number of carboxylic acid groups (broad SMARTS) is 1. The van der Waals surface area contributed by atoms with Crippen LogP contribution in [-0.4, -0.2) is 29.0 Å². The van der Waals surface area contributed by atoms with E-state index < -0.39 is 12.0 Å². The van der Waals surface area contributed by atoms with Gasteiger partial charge in [0.15, 0.2) is 0 Å². The molecule has 0 saturated carbocycles. The first-order valence-electron chi connectivity index (χ1n) is 2.82. The predicted molar refractivity (Wildman–Crippen MR) is 33.7 cm³/mol. The van der Waals surface area contributed by atoms with Crippen LogP contribution in [0.15, 0.2) is 0 Å². The Morgan fingerprint density at radius 2 is 2.44 bits per heavy atom. The zero-order chi connectivity index (χ0) is 6.85. The summed E-state index contributed by atoms with van der Waals surface area (Å²) in [5, 5.41) is 11.0. The fourth-order valence-electron chi connectivity index (χ4n) is 0.913. The van der Waals surface area contributed by atoms with E-state index in [4.69, 9.17) is 16.7 Å². The largest absolute Gasteiger partial charge is 0.480 e. The number of aliphatic carboxylic acids is 1. The van der Waals surface area contributed by atoms with Crippen LogP contribution in [0.2, 0.25) is 0 Å². The lowest BCUT2D eigenvalue weighted by Gasteiger charge is -2.05. The van der Waals surface area contributed by atoms with E-state index in [0.717, 1.165) is 6.42 Å². The van der Waals surface area contributed by atoms with Gasteiger partial charge in [-0.05, 0) is 13.0 Å². The zero-order valence-electron chi connectivity index (χ0n) is 4.80. The molecule has 1 aliphatic heterocycles. The van der Waals surface area contributed by atoms with E-state index in [0.29, 0.717) is 6.54 Å². The second-order valence-electron chi connectivity index (χ2n) is 2.07. The van der Waals surface area contributed by atoms with Crippen molar-refractivity contribution in [3.8, 4) is 0 Å². The third kappa shape index (κ3) is 1.34. The standard InChI is InChI=1S/C5H8ClNO2/c6-3-1-2-7-4(3)5(8)9/h3-4,7H,1-2H2,(H,8,9)/t3-,4+/m1/s1. The van der Waals surface area contributed by atoms with Crippen LogP contribution in [0.4, 0.5) is 0 Å². The normalized spacial score (nSPS) is 34.8. The van der Waals surface area contributed by atoms with Crippen LogP contribution in [0, 0.1) is 0 Å². The van der Waals surface area contributed by atoms with E-state index in [-0.39, 0.29) is 5.38 Å². The molecule has 0 aromatic rings. The molecular weight excluding hydrogens is 142 g/mol. The van der Waals surface area contributed by atoms with Crippen LogP contribution in [0.5, 0.6) is 0 Å². The lowest BCUT2D eigenvalue weighted by atomic mass is 10.2. The molecule has 2 N–H and O–H groups in total. The van der Waals surface area contributed by atoms with Crippen molar-refractivity contribution in [1.82, 2.24) is 5.32 Å². The topological polar surface area (TPSA) is 49.3 Å². The fraction of sp³-hybridized carbons (Fsp3) is 0.800. The number of carboxylic acids is 1. The van der Waals surface area contributed by atoms with Crippen LogP contribution >= 0.6 is 11.6 Å². The molecule has 0 aliphatic carbocycles. The van der Waals surface area contributed by atoms with Crippen LogP contribution in [0.25, 0.3) is 0 Å². The Morgan fingerprint density at radius 3 is 2.67 bits per heavy atom. The lowest BCUT2D eigenvalue weighted by molar-refractivity contribution is -0.138. The first-order chi connectivity index (χ1) is 4.22. The summed E-state index contributed by atoms with van der Waals surface area (Å²) in [4.78, 5) is 10.3. The molecule has 0 bridgehead atoms. The van der Waals surface area contributed by atoms with E-state index in [1.165, 1.54) is 0 Å². The molecule has 9 heavy (non-hydrogen) atoms. The molecule has 0 aromatic carbocycles. The van der Waals surface area contributed by atoms with Crippen molar-refractivity contribution in [1.29, 1.82) is 0 Å². The van der Waals surface area contributed by atoms with Crippen LogP contribution in [0.3, 0.4) is 0 Å². The molecule has 1 fully saturated rings. The Balaban J connectivity index is 2.49. The van der Waals surface area contributed by atoms with Gasteiger partial charge in [-0.25, -0.2) is 0 Å². The molecule has 1 saturated heterocycles. The third-order valence-corrected chi connectivity index (χ3v) is 1.88. The Bertz CT molecular complexity index is 128. The molecule has 0 radical (unpaired) electrons. The lowest BCUT2D eigenvalue weighted by Crippen LogP contribution is -2.35. The number of carbonyl (C=O) groups is 1. The van der Waals surface area contributed by atoms with E-state index in [1.54, 1.807) is 0 Å². The molecule has 52 valence electrons. The highest BCUT2D eigenvalue weighted by Crippen LogP contribution is 2.13. The minimum absolute atomic E-state index is 0.234. The molecule has 3 nitrogen and oxygen atoms in total. The molecular formula is C5H8ClNO2. The fourth-order valence-corrected chi connectivity index (χ4v) is 1.22. The third-order valence-electron chi connectivity index (χ3n) is 1.41. The first-order valence-corrected chi connectivity index (χ1v) is 3.25. The van der Waals surface area contributed by atoms with Crippen LogP contribution in [-0.2, 0) is 4.79 Å². The summed E-state index contributed by atoms with van der Waals surface area (Å²) in [6, 6.07) is -0.535. The van der Waals surface area contributed by atoms with Crippen molar-refractivity contribution in [3.63, 3.8) is 0 Å². The van der Waals surface area contributed by atoms with Gasteiger partial charge in [0, 0.05) is 0 Å². The van der Waals surface area contributed by atoms with E-state index in [1.807, 2.05) is 0 Å². The molecule has 1 heterocycles. The summed E-state index contributed by atoms with van der Waals surface area (Å²) < 4.78 is 0. The summed E-state index contributed by atoms with van der Waals surface area (Å²) in [6.07, 6.45) is 0.749. The van der Waals surface area contributed by atoms with Gasteiger partial charge in [-0.2, -0.15) is 0 Å². The minimum Gasteiger partial charge on any atom is -0.480 e. The summed E-state index contributed by atoms with van der Waals surface area (Å²) >= 11 is 5.63. The Kier molecular flexibility index (Phi) is 1.93. The van der Waals surface area contributed by atoms with Crippen molar-refractivity contribution in [2.24, 2.45) is 0 Å². The highest BCUT2D eigenvalue weighted by Gasteiger charge is 2.30. The Labute approximate surface area is 58.0 Å². The first kappa shape index (κ1) is 6.83. The van der Waals surface area contributed by atoms with Gasteiger partial charge < -0.3 is 10.4 Å². The molecule has 0 unspecified atom stereocenters. The van der Waals surface area contributed by atoms with Crippen LogP contribution in [0.1, 0.15) is 6.42 Å². The number of halogens is 1. The van der Waals surface area contributed by atoms with Gasteiger partial charge in [-0.15, -0.1) is 11.6 Å². The number of hydrogen-bond donors (Lipinski definition) is 2. The maximum absolute atomic E-state index is 10.3. The number of nitrogens with one attached hydrogen (secondary N) is 1. The van der Waals surface area contributed by atoms with Gasteiger partial charge in [-0.3, -0.25) is 4.79 Å². The second-order valence-corrected chi connectivity index (χ2v) is 2.64. The predicted octanol–water partition coefficient (Wildman–Crippen LogP) is 0.0403. The average Bonchev–Trinajstić information content (AvgIpc) is 2.13. The molecule has 1 aliphatic rings. The summed E-state index contributed by atoms with van der Waals surface area (Å²) in [5.74, 6) is -0.854. The van der Waals surface area contributed by atoms with Gasteiger partial charge in [0.2, 0.25) is 0 Å². The maximum atomic E-state index is 10.3. The number of rotatable bonds is 1. The molecule has 4 heteroatoms.